The predicted molar refractivity (Wildman–Crippen MR) is 101 cm³/mol. The molecule has 0 atom stereocenters. The minimum absolute atomic E-state index is 0.0486. The lowest BCUT2D eigenvalue weighted by Crippen LogP contribution is -2.38. The molecule has 2 aromatic carbocycles. The Morgan fingerprint density at radius 1 is 1.08 bits per heavy atom. The maximum absolute atomic E-state index is 12.8. The van der Waals surface area contributed by atoms with Gasteiger partial charge in [0.25, 0.3) is 5.91 Å². The first-order chi connectivity index (χ1) is 12.6. The maximum Gasteiger partial charge on any atom is 0.258 e. The van der Waals surface area contributed by atoms with E-state index >= 15 is 0 Å². The lowest BCUT2D eigenvalue weighted by Gasteiger charge is -2.21. The molecule has 0 radical (unpaired) electrons. The van der Waals surface area contributed by atoms with E-state index in [9.17, 15) is 9.59 Å². The summed E-state index contributed by atoms with van der Waals surface area (Å²) in [4.78, 5) is 26.6. The quantitative estimate of drug-likeness (QED) is 0.789. The number of nitrogens with one attached hydrogen (secondary N) is 1. The van der Waals surface area contributed by atoms with Crippen molar-refractivity contribution < 1.29 is 19.1 Å². The summed E-state index contributed by atoms with van der Waals surface area (Å²) in [7, 11) is 1.56. The number of benzene rings is 2. The molecule has 0 aliphatic carbocycles. The molecular weight excluding hydrogens is 332 g/mol. The Morgan fingerprint density at radius 3 is 2.54 bits per heavy atom. The molecule has 138 valence electrons. The van der Waals surface area contributed by atoms with Gasteiger partial charge in [0.1, 0.15) is 18.0 Å². The number of rotatable bonds is 8. The molecule has 2 amide bonds. The molecule has 2 aromatic rings. The van der Waals surface area contributed by atoms with Gasteiger partial charge in [0.05, 0.1) is 19.3 Å². The second kappa shape index (κ2) is 9.46. The Morgan fingerprint density at radius 2 is 1.85 bits per heavy atom. The van der Waals surface area contributed by atoms with E-state index in [-0.39, 0.29) is 18.4 Å². The number of amides is 2. The molecule has 0 fully saturated rings. The van der Waals surface area contributed by atoms with Crippen molar-refractivity contribution in [2.75, 3.05) is 32.1 Å². The average Bonchev–Trinajstić information content (AvgIpc) is 2.66. The topological polar surface area (TPSA) is 67.9 Å². The van der Waals surface area contributed by atoms with Crippen molar-refractivity contribution in [3.8, 4) is 11.5 Å². The number of anilines is 1. The highest BCUT2D eigenvalue weighted by Crippen LogP contribution is 2.20. The fourth-order valence-corrected chi connectivity index (χ4v) is 2.50. The van der Waals surface area contributed by atoms with Gasteiger partial charge in [-0.25, -0.2) is 0 Å². The van der Waals surface area contributed by atoms with E-state index in [1.54, 1.807) is 49.6 Å². The van der Waals surface area contributed by atoms with Gasteiger partial charge >= 0.3 is 0 Å². The van der Waals surface area contributed by atoms with Crippen molar-refractivity contribution in [2.24, 2.45) is 0 Å². The summed E-state index contributed by atoms with van der Waals surface area (Å²) in [5, 5.41) is 2.78. The van der Waals surface area contributed by atoms with Crippen LogP contribution in [0.5, 0.6) is 11.5 Å². The zero-order valence-corrected chi connectivity index (χ0v) is 15.3. The third-order valence-electron chi connectivity index (χ3n) is 3.77. The van der Waals surface area contributed by atoms with Gasteiger partial charge in [-0.2, -0.15) is 0 Å². The van der Waals surface area contributed by atoms with Gasteiger partial charge < -0.3 is 19.7 Å². The number of hydrogen-bond donors (Lipinski definition) is 1. The molecule has 0 aliphatic rings. The molecular formula is C20H24N2O4. The summed E-state index contributed by atoms with van der Waals surface area (Å²) in [6, 6.07) is 14.1. The second-order valence-electron chi connectivity index (χ2n) is 5.53. The van der Waals surface area contributed by atoms with Gasteiger partial charge in [0, 0.05) is 18.3 Å². The number of methoxy groups -OCH3 is 1. The minimum atomic E-state index is -0.276. The van der Waals surface area contributed by atoms with Gasteiger partial charge in [-0.3, -0.25) is 9.59 Å². The lowest BCUT2D eigenvalue weighted by molar-refractivity contribution is -0.116. The highest BCUT2D eigenvalue weighted by atomic mass is 16.5. The van der Waals surface area contributed by atoms with Crippen molar-refractivity contribution in [3.05, 3.63) is 54.1 Å². The molecule has 0 saturated heterocycles. The molecule has 0 heterocycles. The third kappa shape index (κ3) is 4.99. The van der Waals surface area contributed by atoms with E-state index < -0.39 is 0 Å². The zero-order valence-electron chi connectivity index (χ0n) is 15.3. The molecule has 1 N–H and O–H groups in total. The summed E-state index contributed by atoms with van der Waals surface area (Å²) in [5.41, 5.74) is 1.07. The van der Waals surface area contributed by atoms with Crippen molar-refractivity contribution in [1.82, 2.24) is 4.90 Å². The highest BCUT2D eigenvalue weighted by Gasteiger charge is 2.20. The first-order valence-electron chi connectivity index (χ1n) is 8.54. The number of carbonyl (C=O) groups is 2. The number of nitrogens with zero attached hydrogens (tertiary/aromatic N) is 1. The maximum atomic E-state index is 12.8. The molecule has 0 saturated carbocycles. The van der Waals surface area contributed by atoms with Crippen LogP contribution >= 0.6 is 0 Å². The fourth-order valence-electron chi connectivity index (χ4n) is 2.50. The van der Waals surface area contributed by atoms with E-state index in [2.05, 4.69) is 5.32 Å². The fraction of sp³-hybridized carbons (Fsp3) is 0.300. The van der Waals surface area contributed by atoms with Gasteiger partial charge in [-0.05, 0) is 38.1 Å². The van der Waals surface area contributed by atoms with Crippen molar-refractivity contribution >= 4 is 17.5 Å². The molecule has 0 aliphatic heterocycles. The third-order valence-corrected chi connectivity index (χ3v) is 3.77. The Kier molecular flexibility index (Phi) is 7.02. The molecule has 0 spiro atoms. The molecule has 0 aromatic heterocycles. The summed E-state index contributed by atoms with van der Waals surface area (Å²) in [6.07, 6.45) is 0. The average molecular weight is 356 g/mol. The van der Waals surface area contributed by atoms with Crippen LogP contribution in [0.3, 0.4) is 0 Å². The summed E-state index contributed by atoms with van der Waals surface area (Å²) in [5.74, 6) is 0.656. The smallest absolute Gasteiger partial charge is 0.258 e. The van der Waals surface area contributed by atoms with E-state index in [0.717, 1.165) is 0 Å². The molecule has 26 heavy (non-hydrogen) atoms. The molecule has 0 unspecified atom stereocenters. The highest BCUT2D eigenvalue weighted by molar-refractivity contribution is 6.00. The van der Waals surface area contributed by atoms with E-state index in [1.807, 2.05) is 19.9 Å². The van der Waals surface area contributed by atoms with Crippen LogP contribution in [0.25, 0.3) is 0 Å². The molecule has 6 heteroatoms. The molecule has 2 rings (SSSR count). The van der Waals surface area contributed by atoms with Crippen LogP contribution in [0.2, 0.25) is 0 Å². The van der Waals surface area contributed by atoms with Crippen molar-refractivity contribution in [3.63, 3.8) is 0 Å². The first kappa shape index (κ1) is 19.3. The van der Waals surface area contributed by atoms with Crippen LogP contribution in [-0.2, 0) is 4.79 Å². The van der Waals surface area contributed by atoms with Crippen LogP contribution in [0.1, 0.15) is 24.2 Å². The van der Waals surface area contributed by atoms with Crippen molar-refractivity contribution in [2.45, 2.75) is 13.8 Å². The Balaban J connectivity index is 2.08. The van der Waals surface area contributed by atoms with E-state index in [4.69, 9.17) is 9.47 Å². The SMILES string of the molecule is CCOc1ccccc1C(=O)N(CC)CC(=O)Nc1cccc(OC)c1. The Bertz CT molecular complexity index is 761. The van der Waals surface area contributed by atoms with Crippen LogP contribution in [0, 0.1) is 0 Å². The number of likely N-dealkylation sites (N-methyl/N-ethyl adjacent to an activating group) is 1. The molecule has 0 bridgehead atoms. The Hall–Kier alpha value is -3.02. The second-order valence-corrected chi connectivity index (χ2v) is 5.53. The monoisotopic (exact) mass is 356 g/mol. The predicted octanol–water partition coefficient (Wildman–Crippen LogP) is 3.19. The van der Waals surface area contributed by atoms with Gasteiger partial charge in [0.2, 0.25) is 5.91 Å². The molecule has 6 nitrogen and oxygen atoms in total. The van der Waals surface area contributed by atoms with Crippen LogP contribution in [0.15, 0.2) is 48.5 Å². The standard InChI is InChI=1S/C20H24N2O4/c1-4-22(20(24)17-11-6-7-12-18(17)26-5-2)14-19(23)21-15-9-8-10-16(13-15)25-3/h6-13H,4-5,14H2,1-3H3,(H,21,23). The minimum Gasteiger partial charge on any atom is -0.497 e. The van der Waals surface area contributed by atoms with E-state index in [1.165, 1.54) is 4.90 Å². The first-order valence-corrected chi connectivity index (χ1v) is 8.54. The normalized spacial score (nSPS) is 10.1. The van der Waals surface area contributed by atoms with E-state index in [0.29, 0.717) is 35.9 Å². The lowest BCUT2D eigenvalue weighted by atomic mass is 10.1. The summed E-state index contributed by atoms with van der Waals surface area (Å²) < 4.78 is 10.7. The summed E-state index contributed by atoms with van der Waals surface area (Å²) >= 11 is 0. The van der Waals surface area contributed by atoms with Crippen LogP contribution < -0.4 is 14.8 Å². The number of ether oxygens (including phenoxy) is 2. The number of hydrogen-bond acceptors (Lipinski definition) is 4. The van der Waals surface area contributed by atoms with Gasteiger partial charge in [0.15, 0.2) is 0 Å². The van der Waals surface area contributed by atoms with Gasteiger partial charge in [-0.1, -0.05) is 18.2 Å². The van der Waals surface area contributed by atoms with Gasteiger partial charge in [-0.15, -0.1) is 0 Å². The van der Waals surface area contributed by atoms with Crippen molar-refractivity contribution in [1.29, 1.82) is 0 Å². The number of para-hydroxylation sites is 1. The van der Waals surface area contributed by atoms with Crippen LogP contribution in [0.4, 0.5) is 5.69 Å². The summed E-state index contributed by atoms with van der Waals surface area (Å²) in [6.45, 7) is 4.52. The zero-order chi connectivity index (χ0) is 18.9. The number of carbonyl (C=O) groups excluding carboxylic acids is 2. The Labute approximate surface area is 153 Å². The largest absolute Gasteiger partial charge is 0.497 e. The van der Waals surface area contributed by atoms with Crippen LogP contribution in [-0.4, -0.2) is 43.5 Å².